The zero-order chi connectivity index (χ0) is 12.3. The van der Waals surface area contributed by atoms with Gasteiger partial charge in [-0.05, 0) is 28.4 Å². The first-order chi connectivity index (χ1) is 7.47. The van der Waals surface area contributed by atoms with Crippen molar-refractivity contribution >= 4 is 21.9 Å². The molecule has 0 aromatic carbocycles. The van der Waals surface area contributed by atoms with Crippen molar-refractivity contribution in [3.05, 3.63) is 27.5 Å². The normalized spacial score (nSPS) is 10.6. The van der Waals surface area contributed by atoms with E-state index in [0.717, 1.165) is 0 Å². The van der Waals surface area contributed by atoms with Gasteiger partial charge in [0.2, 0.25) is 0 Å². The van der Waals surface area contributed by atoms with Crippen molar-refractivity contribution in [3.63, 3.8) is 0 Å². The van der Waals surface area contributed by atoms with Gasteiger partial charge in [0.25, 0.3) is 6.43 Å². The molecule has 1 heterocycles. The topological polar surface area (TPSA) is 39.2 Å². The molecule has 0 bridgehead atoms. The van der Waals surface area contributed by atoms with E-state index in [-0.39, 0.29) is 22.2 Å². The molecule has 0 spiro atoms. The molecule has 0 N–H and O–H groups in total. The predicted octanol–water partition coefficient (Wildman–Crippen LogP) is 2.81. The summed E-state index contributed by atoms with van der Waals surface area (Å²) >= 11 is 3.07. The molecule has 0 saturated carbocycles. The number of rotatable bonds is 3. The number of hydrogen-bond donors (Lipinski definition) is 0. The van der Waals surface area contributed by atoms with Crippen LogP contribution in [-0.4, -0.2) is 18.1 Å². The van der Waals surface area contributed by atoms with Crippen LogP contribution in [0.4, 0.5) is 8.78 Å². The molecule has 1 aromatic heterocycles. The number of aromatic nitrogens is 1. The Morgan fingerprint density at radius 1 is 1.62 bits per heavy atom. The number of hydrogen-bond acceptors (Lipinski definition) is 3. The predicted molar refractivity (Wildman–Crippen MR) is 57.4 cm³/mol. The van der Waals surface area contributed by atoms with Crippen molar-refractivity contribution in [2.75, 3.05) is 7.11 Å². The van der Waals surface area contributed by atoms with Crippen LogP contribution >= 0.6 is 15.9 Å². The molecule has 0 aliphatic carbocycles. The van der Waals surface area contributed by atoms with E-state index in [1.54, 1.807) is 6.92 Å². The lowest BCUT2D eigenvalue weighted by Gasteiger charge is -2.11. The van der Waals surface area contributed by atoms with Crippen LogP contribution < -0.4 is 0 Å². The summed E-state index contributed by atoms with van der Waals surface area (Å²) in [7, 11) is 1.20. The van der Waals surface area contributed by atoms with Gasteiger partial charge < -0.3 is 4.74 Å². The Labute approximate surface area is 99.9 Å². The first kappa shape index (κ1) is 13.0. The molecule has 1 rings (SSSR count). The maximum absolute atomic E-state index is 12.8. The number of carbonyl (C=O) groups is 1. The number of nitrogens with zero attached hydrogens (tertiary/aromatic N) is 1. The Bertz CT molecular complexity index is 410. The molecule has 0 aliphatic rings. The van der Waals surface area contributed by atoms with Gasteiger partial charge in [-0.25, -0.2) is 8.78 Å². The lowest BCUT2D eigenvalue weighted by molar-refractivity contribution is -0.139. The Hall–Kier alpha value is -1.04. The van der Waals surface area contributed by atoms with Crippen molar-refractivity contribution in [1.29, 1.82) is 0 Å². The Morgan fingerprint density at radius 3 is 2.75 bits per heavy atom. The van der Waals surface area contributed by atoms with Crippen molar-refractivity contribution in [3.8, 4) is 0 Å². The lowest BCUT2D eigenvalue weighted by Crippen LogP contribution is -2.10. The van der Waals surface area contributed by atoms with Crippen LogP contribution in [-0.2, 0) is 16.0 Å². The van der Waals surface area contributed by atoms with E-state index in [2.05, 4.69) is 25.7 Å². The van der Waals surface area contributed by atoms with E-state index < -0.39 is 12.4 Å². The van der Waals surface area contributed by atoms with Crippen LogP contribution in [0.3, 0.4) is 0 Å². The summed E-state index contributed by atoms with van der Waals surface area (Å²) in [6, 6.07) is 0. The van der Waals surface area contributed by atoms with Gasteiger partial charge in [0.15, 0.2) is 0 Å². The summed E-state index contributed by atoms with van der Waals surface area (Å²) in [5.74, 6) is -0.592. The van der Waals surface area contributed by atoms with Gasteiger partial charge in [-0.1, -0.05) is 0 Å². The van der Waals surface area contributed by atoms with Crippen LogP contribution in [0.25, 0.3) is 0 Å². The van der Waals surface area contributed by atoms with E-state index in [9.17, 15) is 13.6 Å². The SMILES string of the molecule is COC(=O)Cc1ncc(C)c(Br)c1C(F)F. The van der Waals surface area contributed by atoms with Crippen LogP contribution in [0.15, 0.2) is 10.7 Å². The van der Waals surface area contributed by atoms with Crippen LogP contribution in [0.5, 0.6) is 0 Å². The highest BCUT2D eigenvalue weighted by molar-refractivity contribution is 9.10. The maximum Gasteiger partial charge on any atom is 0.311 e. The summed E-state index contributed by atoms with van der Waals surface area (Å²) in [6.07, 6.45) is -1.50. The minimum absolute atomic E-state index is 0.0410. The quantitative estimate of drug-likeness (QED) is 0.805. The molecule has 3 nitrogen and oxygen atoms in total. The summed E-state index contributed by atoms with van der Waals surface area (Å²) < 4.78 is 30.3. The molecule has 0 amide bonds. The third-order valence-corrected chi connectivity index (χ3v) is 3.12. The zero-order valence-corrected chi connectivity index (χ0v) is 10.3. The van der Waals surface area contributed by atoms with E-state index >= 15 is 0 Å². The number of pyridine rings is 1. The minimum atomic E-state index is -2.68. The number of ether oxygens (including phenoxy) is 1. The van der Waals surface area contributed by atoms with Gasteiger partial charge >= 0.3 is 5.97 Å². The second-order valence-electron chi connectivity index (χ2n) is 3.17. The monoisotopic (exact) mass is 293 g/mol. The second kappa shape index (κ2) is 5.34. The van der Waals surface area contributed by atoms with Crippen molar-refractivity contribution in [2.45, 2.75) is 19.8 Å². The Kier molecular flexibility index (Phi) is 4.35. The van der Waals surface area contributed by atoms with E-state index in [1.807, 2.05) is 0 Å². The van der Waals surface area contributed by atoms with Gasteiger partial charge in [-0.2, -0.15) is 0 Å². The van der Waals surface area contributed by atoms with E-state index in [4.69, 9.17) is 0 Å². The molecule has 0 saturated heterocycles. The molecule has 88 valence electrons. The second-order valence-corrected chi connectivity index (χ2v) is 3.96. The summed E-state index contributed by atoms with van der Waals surface area (Å²) in [6.45, 7) is 1.66. The van der Waals surface area contributed by atoms with Gasteiger partial charge in [0, 0.05) is 10.7 Å². The summed E-state index contributed by atoms with van der Waals surface area (Å²) in [5.41, 5.74) is 0.397. The third-order valence-electron chi connectivity index (χ3n) is 2.07. The van der Waals surface area contributed by atoms with E-state index in [0.29, 0.717) is 5.56 Å². The third kappa shape index (κ3) is 2.75. The van der Waals surface area contributed by atoms with Crippen molar-refractivity contribution in [2.24, 2.45) is 0 Å². The van der Waals surface area contributed by atoms with Gasteiger partial charge in [-0.3, -0.25) is 9.78 Å². The standard InChI is InChI=1S/C10H10BrF2NO2/c1-5-4-14-6(3-7(15)16-2)8(9(5)11)10(12)13/h4,10H,3H2,1-2H3. The zero-order valence-electron chi connectivity index (χ0n) is 8.76. The molecule has 1 aromatic rings. The average Bonchev–Trinajstić information content (AvgIpc) is 2.23. The molecule has 16 heavy (non-hydrogen) atoms. The van der Waals surface area contributed by atoms with Crippen LogP contribution in [0.2, 0.25) is 0 Å². The molecular formula is C10H10BrF2NO2. The Morgan fingerprint density at radius 2 is 2.25 bits per heavy atom. The fourth-order valence-electron chi connectivity index (χ4n) is 1.21. The Balaban J connectivity index is 3.18. The molecular weight excluding hydrogens is 284 g/mol. The number of alkyl halides is 2. The fourth-order valence-corrected chi connectivity index (χ4v) is 1.72. The molecule has 0 fully saturated rings. The minimum Gasteiger partial charge on any atom is -0.469 e. The highest BCUT2D eigenvalue weighted by Crippen LogP contribution is 2.32. The first-order valence-electron chi connectivity index (χ1n) is 4.46. The molecule has 0 aliphatic heterocycles. The molecule has 0 radical (unpaired) electrons. The largest absolute Gasteiger partial charge is 0.469 e. The summed E-state index contributed by atoms with van der Waals surface area (Å²) in [5, 5.41) is 0. The number of methoxy groups -OCH3 is 1. The lowest BCUT2D eigenvalue weighted by atomic mass is 10.1. The number of carbonyl (C=O) groups excluding carboxylic acids is 1. The van der Waals surface area contributed by atoms with Crippen molar-refractivity contribution in [1.82, 2.24) is 4.98 Å². The van der Waals surface area contributed by atoms with E-state index in [1.165, 1.54) is 13.3 Å². The van der Waals surface area contributed by atoms with Crippen molar-refractivity contribution < 1.29 is 18.3 Å². The smallest absolute Gasteiger partial charge is 0.311 e. The highest BCUT2D eigenvalue weighted by atomic mass is 79.9. The number of halogens is 3. The number of esters is 1. The number of aryl methyl sites for hydroxylation is 1. The van der Waals surface area contributed by atoms with Gasteiger partial charge in [0.1, 0.15) is 0 Å². The van der Waals surface area contributed by atoms with Crippen LogP contribution in [0.1, 0.15) is 23.2 Å². The average molecular weight is 294 g/mol. The van der Waals surface area contributed by atoms with Crippen LogP contribution in [0, 0.1) is 6.92 Å². The molecule has 6 heteroatoms. The van der Waals surface area contributed by atoms with Gasteiger partial charge in [-0.15, -0.1) is 0 Å². The highest BCUT2D eigenvalue weighted by Gasteiger charge is 2.21. The maximum atomic E-state index is 12.8. The molecule has 0 unspecified atom stereocenters. The first-order valence-corrected chi connectivity index (χ1v) is 5.25. The fraction of sp³-hybridized carbons (Fsp3) is 0.400. The summed E-state index contributed by atoms with van der Waals surface area (Å²) in [4.78, 5) is 14.9. The van der Waals surface area contributed by atoms with Gasteiger partial charge in [0.05, 0.1) is 24.8 Å². The molecule has 0 atom stereocenters.